The van der Waals surface area contributed by atoms with Gasteiger partial charge in [0.25, 0.3) is 0 Å². The van der Waals surface area contributed by atoms with Crippen molar-refractivity contribution in [2.75, 3.05) is 0 Å². The van der Waals surface area contributed by atoms with Gasteiger partial charge >= 0.3 is 0 Å². The molecule has 0 aliphatic carbocycles. The first-order valence-electron chi connectivity index (χ1n) is 7.96. The first kappa shape index (κ1) is 17.7. The van der Waals surface area contributed by atoms with E-state index in [0.29, 0.717) is 0 Å². The fourth-order valence-electron chi connectivity index (χ4n) is 2.57. The molecule has 1 nitrogen and oxygen atoms in total. The minimum absolute atomic E-state index is 0.235. The van der Waals surface area contributed by atoms with Crippen molar-refractivity contribution >= 4 is 35.0 Å². The molecule has 3 heteroatoms. The molecule has 0 aliphatic rings. The van der Waals surface area contributed by atoms with Gasteiger partial charge in [-0.3, -0.25) is 0 Å². The highest BCUT2D eigenvalue weighted by Gasteiger charge is 2.38. The minimum Gasteiger partial charge on any atom is -0.414 e. The summed E-state index contributed by atoms with van der Waals surface area (Å²) in [5.74, 6) is 0. The van der Waals surface area contributed by atoms with Gasteiger partial charge in [-0.2, -0.15) is 0 Å². The third kappa shape index (κ3) is 3.81. The molecule has 0 aliphatic heterocycles. The van der Waals surface area contributed by atoms with Gasteiger partial charge in [0.1, 0.15) is 0 Å². The normalized spacial score (nSPS) is 14.3. The van der Waals surface area contributed by atoms with Gasteiger partial charge in [-0.1, -0.05) is 67.0 Å². The van der Waals surface area contributed by atoms with Crippen LogP contribution < -0.4 is 0 Å². The smallest absolute Gasteiger partial charge is 0.192 e. The lowest BCUT2D eigenvalue weighted by Crippen LogP contribution is -2.43. The molecule has 0 spiro atoms. The van der Waals surface area contributed by atoms with Crippen molar-refractivity contribution in [2.45, 2.75) is 58.4 Å². The lowest BCUT2D eigenvalue weighted by Gasteiger charge is -2.38. The number of fused-ring (bicyclic) bond motifs is 1. The Morgan fingerprint density at radius 2 is 1.68 bits per heavy atom. The van der Waals surface area contributed by atoms with Crippen molar-refractivity contribution in [2.24, 2.45) is 0 Å². The minimum atomic E-state index is -1.71. The Kier molecular flexibility index (Phi) is 5.20. The number of rotatable bonds is 4. The van der Waals surface area contributed by atoms with Crippen LogP contribution in [0.25, 0.3) is 10.8 Å². The molecule has 0 radical (unpaired) electrons. The van der Waals surface area contributed by atoms with Crippen molar-refractivity contribution in [3.63, 3.8) is 0 Å². The second-order valence-corrected chi connectivity index (χ2v) is 13.3. The predicted molar refractivity (Wildman–Crippen MR) is 103 cm³/mol. The molecule has 0 fully saturated rings. The van der Waals surface area contributed by atoms with Crippen LogP contribution in [0.3, 0.4) is 0 Å². The van der Waals surface area contributed by atoms with E-state index in [9.17, 15) is 0 Å². The van der Waals surface area contributed by atoms with Gasteiger partial charge < -0.3 is 4.43 Å². The summed E-state index contributed by atoms with van der Waals surface area (Å²) in [6.45, 7) is 13.7. The van der Waals surface area contributed by atoms with Gasteiger partial charge in [0.2, 0.25) is 0 Å². The summed E-state index contributed by atoms with van der Waals surface area (Å²) in [6, 6.07) is 12.9. The Hall–Kier alpha value is -0.643. The lowest BCUT2D eigenvalue weighted by atomic mass is 10.0. The monoisotopic (exact) mass is 378 g/mol. The van der Waals surface area contributed by atoms with E-state index in [4.69, 9.17) is 4.43 Å². The highest BCUT2D eigenvalue weighted by Crippen LogP contribution is 2.38. The Balaban J connectivity index is 2.25. The second-order valence-electron chi connectivity index (χ2n) is 7.65. The molecule has 0 aromatic heterocycles. The second kappa shape index (κ2) is 6.46. The van der Waals surface area contributed by atoms with Crippen molar-refractivity contribution in [3.05, 3.63) is 46.4 Å². The molecule has 0 saturated carbocycles. The topological polar surface area (TPSA) is 9.23 Å². The van der Waals surface area contributed by atoms with Crippen LogP contribution in [0.15, 0.2) is 40.9 Å². The molecule has 120 valence electrons. The molecule has 1 unspecified atom stereocenters. The predicted octanol–water partition coefficient (Wildman–Crippen LogP) is 6.56. The lowest BCUT2D eigenvalue weighted by molar-refractivity contribution is 0.199. The summed E-state index contributed by atoms with van der Waals surface area (Å²) in [5, 5.41) is 2.85. The highest BCUT2D eigenvalue weighted by atomic mass is 79.9. The zero-order chi connectivity index (χ0) is 16.5. The van der Waals surface area contributed by atoms with Crippen LogP contribution in [0.2, 0.25) is 18.1 Å². The number of hydrogen-bond donors (Lipinski definition) is 0. The third-order valence-corrected chi connectivity index (χ3v) is 10.0. The Morgan fingerprint density at radius 1 is 1.09 bits per heavy atom. The molecule has 2 rings (SSSR count). The van der Waals surface area contributed by atoms with Crippen LogP contribution in [0.4, 0.5) is 0 Å². The van der Waals surface area contributed by atoms with Gasteiger partial charge in [0.15, 0.2) is 8.32 Å². The maximum Gasteiger partial charge on any atom is 0.192 e. The van der Waals surface area contributed by atoms with E-state index in [1.165, 1.54) is 20.8 Å². The van der Waals surface area contributed by atoms with Crippen LogP contribution in [0, 0.1) is 0 Å². The molecule has 22 heavy (non-hydrogen) atoms. The van der Waals surface area contributed by atoms with Crippen LogP contribution in [-0.4, -0.2) is 14.4 Å². The quantitative estimate of drug-likeness (QED) is 0.547. The standard InChI is InChI=1S/C19H27BrOSi/c1-14(21-22(5,6)19(2,3)4)13-16-11-7-9-15-10-8-12-17(20)18(15)16/h7-12,14H,13H2,1-6H3. The molecule has 0 N–H and O–H groups in total. The van der Waals surface area contributed by atoms with E-state index < -0.39 is 8.32 Å². The van der Waals surface area contributed by atoms with Crippen LogP contribution in [0.5, 0.6) is 0 Å². The summed E-state index contributed by atoms with van der Waals surface area (Å²) >= 11 is 3.70. The molecule has 0 amide bonds. The Labute approximate surface area is 144 Å². The summed E-state index contributed by atoms with van der Waals surface area (Å²) in [6.07, 6.45) is 1.19. The fourth-order valence-corrected chi connectivity index (χ4v) is 4.65. The number of benzene rings is 2. The molecule has 1 atom stereocenters. The number of halogens is 1. The van der Waals surface area contributed by atoms with Crippen molar-refractivity contribution in [3.8, 4) is 0 Å². The molecular formula is C19H27BrOSi. The summed E-state index contributed by atoms with van der Waals surface area (Å²) in [5.41, 5.74) is 1.36. The zero-order valence-corrected chi connectivity index (χ0v) is 17.1. The van der Waals surface area contributed by atoms with Gasteiger partial charge in [0.05, 0.1) is 0 Å². The van der Waals surface area contributed by atoms with Gasteiger partial charge in [-0.15, -0.1) is 0 Å². The molecule has 0 saturated heterocycles. The van der Waals surface area contributed by atoms with Crippen molar-refractivity contribution in [1.29, 1.82) is 0 Å². The van der Waals surface area contributed by atoms with E-state index in [-0.39, 0.29) is 11.1 Å². The van der Waals surface area contributed by atoms with Crippen molar-refractivity contribution in [1.82, 2.24) is 0 Å². The van der Waals surface area contributed by atoms with E-state index in [1.54, 1.807) is 0 Å². The van der Waals surface area contributed by atoms with Gasteiger partial charge in [-0.05, 0) is 53.9 Å². The largest absolute Gasteiger partial charge is 0.414 e. The maximum atomic E-state index is 6.52. The van der Waals surface area contributed by atoms with Crippen LogP contribution >= 0.6 is 15.9 Å². The number of hydrogen-bond acceptors (Lipinski definition) is 1. The first-order chi connectivity index (χ1) is 10.1. The average Bonchev–Trinajstić information content (AvgIpc) is 2.36. The molecule has 2 aromatic carbocycles. The molecule has 0 bridgehead atoms. The molecule has 0 heterocycles. The van der Waals surface area contributed by atoms with E-state index >= 15 is 0 Å². The third-order valence-electron chi connectivity index (χ3n) is 4.75. The molecular weight excluding hydrogens is 352 g/mol. The van der Waals surface area contributed by atoms with Gasteiger partial charge in [-0.25, -0.2) is 0 Å². The summed E-state index contributed by atoms with van der Waals surface area (Å²) in [7, 11) is -1.71. The SMILES string of the molecule is CC(Cc1cccc2cccc(Br)c12)O[Si](C)(C)C(C)(C)C. The van der Waals surface area contributed by atoms with Crippen LogP contribution in [-0.2, 0) is 10.8 Å². The van der Waals surface area contributed by atoms with Crippen molar-refractivity contribution < 1.29 is 4.43 Å². The maximum absolute atomic E-state index is 6.52. The Morgan fingerprint density at radius 3 is 2.27 bits per heavy atom. The Bertz CT molecular complexity index is 653. The van der Waals surface area contributed by atoms with Gasteiger partial charge in [0, 0.05) is 10.6 Å². The van der Waals surface area contributed by atoms with E-state index in [0.717, 1.165) is 6.42 Å². The molecule has 2 aromatic rings. The highest BCUT2D eigenvalue weighted by molar-refractivity contribution is 9.10. The fraction of sp³-hybridized carbons (Fsp3) is 0.474. The average molecular weight is 379 g/mol. The van der Waals surface area contributed by atoms with E-state index in [2.05, 4.69) is 93.1 Å². The first-order valence-corrected chi connectivity index (χ1v) is 11.7. The van der Waals surface area contributed by atoms with Crippen LogP contribution in [0.1, 0.15) is 33.3 Å². The zero-order valence-electron chi connectivity index (χ0n) is 14.5. The van der Waals surface area contributed by atoms with E-state index in [1.807, 2.05) is 0 Å². The summed E-state index contributed by atoms with van der Waals surface area (Å²) < 4.78 is 7.69. The summed E-state index contributed by atoms with van der Waals surface area (Å²) in [4.78, 5) is 0.